The number of nitrogens with one attached hydrogen (secondary N) is 2. The van der Waals surface area contributed by atoms with E-state index in [1.165, 1.54) is 30.4 Å². The maximum absolute atomic E-state index is 4.68. The largest absolute Gasteiger partial charge is 0.357 e. The van der Waals surface area contributed by atoms with Gasteiger partial charge in [0.05, 0.1) is 13.1 Å². The summed E-state index contributed by atoms with van der Waals surface area (Å²) < 4.78 is 2.27. The Morgan fingerprint density at radius 2 is 1.92 bits per heavy atom. The van der Waals surface area contributed by atoms with E-state index in [1.54, 1.807) is 0 Å². The first-order chi connectivity index (χ1) is 12.3. The fraction of sp³-hybridized carbons (Fsp3) is 0.526. The Morgan fingerprint density at radius 1 is 1.12 bits per heavy atom. The van der Waals surface area contributed by atoms with Crippen molar-refractivity contribution in [2.24, 2.45) is 4.99 Å². The minimum absolute atomic E-state index is 0. The molecule has 1 aromatic carbocycles. The Hall–Kier alpha value is -1.64. The van der Waals surface area contributed by atoms with Crippen LogP contribution in [0.2, 0.25) is 0 Å². The lowest BCUT2D eigenvalue weighted by Crippen LogP contribution is -2.37. The molecule has 0 radical (unpaired) electrons. The van der Waals surface area contributed by atoms with E-state index < -0.39 is 0 Å². The van der Waals surface area contributed by atoms with Gasteiger partial charge in [-0.3, -0.25) is 0 Å². The van der Waals surface area contributed by atoms with Crippen molar-refractivity contribution in [1.82, 2.24) is 25.4 Å². The number of fused-ring (bicyclic) bond motifs is 1. The third-order valence-corrected chi connectivity index (χ3v) is 4.48. The van der Waals surface area contributed by atoms with Crippen LogP contribution < -0.4 is 10.6 Å². The standard InChI is InChI=1S/C19H28N6.HI/c1-3-20-19(21-13-16-10-8-15(2)9-11-16)22-14-18-24-23-17-7-5-4-6-12-25(17)18;/h8-11H,3-7,12-14H2,1-2H3,(H2,20,21,22);1H. The van der Waals surface area contributed by atoms with Gasteiger partial charge in [-0.15, -0.1) is 34.2 Å². The molecular weight excluding hydrogens is 439 g/mol. The smallest absolute Gasteiger partial charge is 0.191 e. The number of guanidine groups is 1. The molecule has 0 spiro atoms. The molecule has 1 aliphatic rings. The van der Waals surface area contributed by atoms with Crippen molar-refractivity contribution in [2.45, 2.75) is 59.2 Å². The van der Waals surface area contributed by atoms with E-state index in [0.717, 1.165) is 37.1 Å². The van der Waals surface area contributed by atoms with E-state index >= 15 is 0 Å². The average Bonchev–Trinajstić information content (AvgIpc) is 2.85. The van der Waals surface area contributed by atoms with Crippen molar-refractivity contribution < 1.29 is 0 Å². The molecule has 7 heteroatoms. The Labute approximate surface area is 172 Å². The zero-order valence-electron chi connectivity index (χ0n) is 15.7. The van der Waals surface area contributed by atoms with Crippen molar-refractivity contribution in [2.75, 3.05) is 6.54 Å². The van der Waals surface area contributed by atoms with Gasteiger partial charge in [0.1, 0.15) is 5.82 Å². The molecule has 0 unspecified atom stereocenters. The number of hydrogen-bond acceptors (Lipinski definition) is 3. The van der Waals surface area contributed by atoms with Gasteiger partial charge >= 0.3 is 0 Å². The van der Waals surface area contributed by atoms with Crippen molar-refractivity contribution in [1.29, 1.82) is 0 Å². The molecule has 1 aliphatic heterocycles. The predicted molar refractivity (Wildman–Crippen MR) is 116 cm³/mol. The summed E-state index contributed by atoms with van der Waals surface area (Å²) in [4.78, 5) is 4.68. The lowest BCUT2D eigenvalue weighted by Gasteiger charge is -2.12. The molecule has 6 nitrogen and oxygen atoms in total. The molecule has 3 rings (SSSR count). The SMILES string of the molecule is CCNC(=NCc1ccc(C)cc1)NCc1nnc2n1CCCCC2.I. The van der Waals surface area contributed by atoms with Crippen LogP contribution in [0.4, 0.5) is 0 Å². The fourth-order valence-electron chi connectivity index (χ4n) is 3.04. The van der Waals surface area contributed by atoms with E-state index in [4.69, 9.17) is 0 Å². The van der Waals surface area contributed by atoms with Gasteiger partial charge in [0, 0.05) is 19.5 Å². The molecule has 26 heavy (non-hydrogen) atoms. The minimum atomic E-state index is 0. The molecule has 2 heterocycles. The van der Waals surface area contributed by atoms with Crippen LogP contribution in [-0.2, 0) is 26.1 Å². The average molecular weight is 468 g/mol. The number of nitrogens with zero attached hydrogens (tertiary/aromatic N) is 4. The highest BCUT2D eigenvalue weighted by Gasteiger charge is 2.14. The second kappa shape index (κ2) is 10.5. The highest BCUT2D eigenvalue weighted by atomic mass is 127. The van der Waals surface area contributed by atoms with Crippen LogP contribution >= 0.6 is 24.0 Å². The van der Waals surface area contributed by atoms with E-state index in [0.29, 0.717) is 13.1 Å². The highest BCUT2D eigenvalue weighted by Crippen LogP contribution is 2.14. The maximum atomic E-state index is 4.68. The highest BCUT2D eigenvalue weighted by molar-refractivity contribution is 14.0. The number of aromatic nitrogens is 3. The molecular formula is C19H29IN6. The molecule has 2 N–H and O–H groups in total. The third kappa shape index (κ3) is 5.69. The number of aryl methyl sites for hydroxylation is 2. The first-order valence-corrected chi connectivity index (χ1v) is 9.25. The summed E-state index contributed by atoms with van der Waals surface area (Å²) in [6, 6.07) is 8.49. The Balaban J connectivity index is 0.00000243. The summed E-state index contributed by atoms with van der Waals surface area (Å²) in [6.07, 6.45) is 4.73. The zero-order valence-corrected chi connectivity index (χ0v) is 18.0. The Morgan fingerprint density at radius 3 is 2.69 bits per heavy atom. The van der Waals surface area contributed by atoms with E-state index in [-0.39, 0.29) is 24.0 Å². The van der Waals surface area contributed by atoms with Gasteiger partial charge < -0.3 is 15.2 Å². The molecule has 2 aromatic rings. The van der Waals surface area contributed by atoms with Gasteiger partial charge in [0.25, 0.3) is 0 Å². The van der Waals surface area contributed by atoms with Gasteiger partial charge in [-0.2, -0.15) is 0 Å². The predicted octanol–water partition coefficient (Wildman–Crippen LogP) is 3.19. The second-order valence-corrected chi connectivity index (χ2v) is 6.53. The second-order valence-electron chi connectivity index (χ2n) is 6.53. The molecule has 0 aliphatic carbocycles. The summed E-state index contributed by atoms with van der Waals surface area (Å²) >= 11 is 0. The van der Waals surface area contributed by atoms with Crippen LogP contribution in [0.1, 0.15) is 49.0 Å². The van der Waals surface area contributed by atoms with Gasteiger partial charge in [-0.05, 0) is 32.3 Å². The van der Waals surface area contributed by atoms with Gasteiger partial charge in [-0.25, -0.2) is 4.99 Å². The summed E-state index contributed by atoms with van der Waals surface area (Å²) in [5.41, 5.74) is 2.48. The third-order valence-electron chi connectivity index (χ3n) is 4.48. The summed E-state index contributed by atoms with van der Waals surface area (Å²) in [7, 11) is 0. The Bertz CT molecular complexity index is 707. The maximum Gasteiger partial charge on any atom is 0.191 e. The molecule has 0 atom stereocenters. The molecule has 0 saturated carbocycles. The monoisotopic (exact) mass is 468 g/mol. The summed E-state index contributed by atoms with van der Waals surface area (Å²) in [6.45, 7) is 7.33. The number of halogens is 1. The van der Waals surface area contributed by atoms with Gasteiger partial charge in [0.2, 0.25) is 0 Å². The fourth-order valence-corrected chi connectivity index (χ4v) is 3.04. The molecule has 1 aromatic heterocycles. The van der Waals surface area contributed by atoms with Crippen LogP contribution in [-0.4, -0.2) is 27.3 Å². The normalized spacial score (nSPS) is 14.2. The number of hydrogen-bond donors (Lipinski definition) is 2. The van der Waals surface area contributed by atoms with E-state index in [2.05, 4.69) is 68.5 Å². The van der Waals surface area contributed by atoms with Gasteiger partial charge in [0.15, 0.2) is 11.8 Å². The van der Waals surface area contributed by atoms with Crippen LogP contribution in [0.15, 0.2) is 29.3 Å². The van der Waals surface area contributed by atoms with E-state index in [1.807, 2.05) is 0 Å². The molecule has 0 saturated heterocycles. The van der Waals surface area contributed by atoms with Crippen LogP contribution in [0, 0.1) is 6.92 Å². The van der Waals surface area contributed by atoms with Crippen molar-refractivity contribution >= 4 is 29.9 Å². The topological polar surface area (TPSA) is 67.1 Å². The van der Waals surface area contributed by atoms with Crippen molar-refractivity contribution in [3.8, 4) is 0 Å². The van der Waals surface area contributed by atoms with Crippen molar-refractivity contribution in [3.63, 3.8) is 0 Å². The lowest BCUT2D eigenvalue weighted by atomic mass is 10.1. The Kier molecular flexibility index (Phi) is 8.34. The van der Waals surface area contributed by atoms with Crippen LogP contribution in [0.5, 0.6) is 0 Å². The summed E-state index contributed by atoms with van der Waals surface area (Å²) in [5, 5.41) is 15.4. The number of rotatable bonds is 5. The number of aliphatic imine (C=N–C) groups is 1. The first kappa shape index (κ1) is 20.7. The molecule has 0 fully saturated rings. The zero-order chi connectivity index (χ0) is 17.5. The van der Waals surface area contributed by atoms with Crippen LogP contribution in [0.3, 0.4) is 0 Å². The molecule has 0 amide bonds. The van der Waals surface area contributed by atoms with Crippen LogP contribution in [0.25, 0.3) is 0 Å². The van der Waals surface area contributed by atoms with Crippen molar-refractivity contribution in [3.05, 3.63) is 47.0 Å². The van der Waals surface area contributed by atoms with Gasteiger partial charge in [-0.1, -0.05) is 36.2 Å². The lowest BCUT2D eigenvalue weighted by molar-refractivity contribution is 0.596. The van der Waals surface area contributed by atoms with E-state index in [9.17, 15) is 0 Å². The summed E-state index contributed by atoms with van der Waals surface area (Å²) in [5.74, 6) is 2.93. The molecule has 0 bridgehead atoms. The first-order valence-electron chi connectivity index (χ1n) is 9.25. The molecule has 142 valence electrons. The number of benzene rings is 1. The minimum Gasteiger partial charge on any atom is -0.357 e. The quantitative estimate of drug-likeness (QED) is 0.402.